The van der Waals surface area contributed by atoms with Gasteiger partial charge < -0.3 is 15.4 Å². The molecule has 2 N–H and O–H groups in total. The number of carbonyl (C=O) groups excluding carboxylic acids is 2. The summed E-state index contributed by atoms with van der Waals surface area (Å²) in [6, 6.07) is 3.23. The van der Waals surface area contributed by atoms with Crippen LogP contribution in [0.5, 0.6) is 0 Å². The van der Waals surface area contributed by atoms with E-state index in [9.17, 15) is 22.4 Å². The standard InChI is InChI=1S/C18H26FN3O5S/c1-18(2,3)27-17(24)21-9-8-20-16(23)13-6-7-14(19)15(12-13)28(25,26)22-10-4-5-11-22/h6-7,12H,4-5,8-11H2,1-3H3,(H,20,23)(H,21,24). The maximum absolute atomic E-state index is 14.1. The Morgan fingerprint density at radius 1 is 1.14 bits per heavy atom. The van der Waals surface area contributed by atoms with Crippen LogP contribution in [0.4, 0.5) is 9.18 Å². The Bertz CT molecular complexity index is 830. The fourth-order valence-electron chi connectivity index (χ4n) is 2.67. The van der Waals surface area contributed by atoms with Crippen LogP contribution in [0, 0.1) is 5.82 Å². The summed E-state index contributed by atoms with van der Waals surface area (Å²) in [6.07, 6.45) is 0.847. The number of hydrogen-bond acceptors (Lipinski definition) is 5. The molecule has 0 saturated carbocycles. The van der Waals surface area contributed by atoms with Crippen LogP contribution in [-0.2, 0) is 14.8 Å². The molecule has 1 saturated heterocycles. The molecule has 1 heterocycles. The second kappa shape index (κ2) is 8.87. The van der Waals surface area contributed by atoms with Gasteiger partial charge in [0.25, 0.3) is 5.91 Å². The van der Waals surface area contributed by atoms with Crippen LogP contribution in [0.1, 0.15) is 44.0 Å². The zero-order valence-electron chi connectivity index (χ0n) is 16.2. The van der Waals surface area contributed by atoms with E-state index < -0.39 is 38.3 Å². The van der Waals surface area contributed by atoms with Crippen LogP contribution in [-0.4, -0.2) is 56.5 Å². The molecular weight excluding hydrogens is 389 g/mol. The summed E-state index contributed by atoms with van der Waals surface area (Å²) in [5.74, 6) is -1.46. The number of halogens is 1. The van der Waals surface area contributed by atoms with Crippen molar-refractivity contribution in [3.8, 4) is 0 Å². The van der Waals surface area contributed by atoms with Crippen molar-refractivity contribution in [3.63, 3.8) is 0 Å². The fraction of sp³-hybridized carbons (Fsp3) is 0.556. The lowest BCUT2D eigenvalue weighted by Gasteiger charge is -2.19. The molecule has 28 heavy (non-hydrogen) atoms. The second-order valence-corrected chi connectivity index (χ2v) is 9.35. The summed E-state index contributed by atoms with van der Waals surface area (Å²) in [6.45, 7) is 6.11. The number of hydrogen-bond donors (Lipinski definition) is 2. The Morgan fingerprint density at radius 2 is 1.75 bits per heavy atom. The van der Waals surface area contributed by atoms with E-state index in [1.54, 1.807) is 20.8 Å². The van der Waals surface area contributed by atoms with Crippen molar-refractivity contribution in [2.75, 3.05) is 26.2 Å². The molecule has 0 aromatic heterocycles. The van der Waals surface area contributed by atoms with Crippen molar-refractivity contribution in [3.05, 3.63) is 29.6 Å². The van der Waals surface area contributed by atoms with E-state index in [0.29, 0.717) is 13.1 Å². The third-order valence-corrected chi connectivity index (χ3v) is 5.87. The summed E-state index contributed by atoms with van der Waals surface area (Å²) in [5.41, 5.74) is -0.602. The van der Waals surface area contributed by atoms with E-state index >= 15 is 0 Å². The minimum absolute atomic E-state index is 0.0245. The van der Waals surface area contributed by atoms with Crippen molar-refractivity contribution < 1.29 is 27.1 Å². The minimum Gasteiger partial charge on any atom is -0.444 e. The van der Waals surface area contributed by atoms with E-state index in [4.69, 9.17) is 4.74 Å². The molecule has 0 bridgehead atoms. The van der Waals surface area contributed by atoms with Crippen molar-refractivity contribution in [2.45, 2.75) is 44.1 Å². The molecule has 1 aliphatic heterocycles. The number of sulfonamides is 1. The summed E-state index contributed by atoms with van der Waals surface area (Å²) < 4.78 is 45.5. The van der Waals surface area contributed by atoms with Crippen LogP contribution in [0.2, 0.25) is 0 Å². The predicted octanol–water partition coefficient (Wildman–Crippen LogP) is 1.86. The highest BCUT2D eigenvalue weighted by Gasteiger charge is 2.30. The first-order valence-electron chi connectivity index (χ1n) is 9.05. The molecular formula is C18H26FN3O5S. The molecule has 8 nitrogen and oxygen atoms in total. The molecule has 2 rings (SSSR count). The Labute approximate surface area is 164 Å². The van der Waals surface area contributed by atoms with Gasteiger partial charge >= 0.3 is 6.09 Å². The number of benzene rings is 1. The highest BCUT2D eigenvalue weighted by Crippen LogP contribution is 2.24. The number of amides is 2. The molecule has 156 valence electrons. The first-order valence-corrected chi connectivity index (χ1v) is 10.5. The molecule has 0 atom stereocenters. The molecule has 1 aliphatic rings. The lowest BCUT2D eigenvalue weighted by molar-refractivity contribution is 0.0526. The Morgan fingerprint density at radius 3 is 2.36 bits per heavy atom. The molecule has 0 unspecified atom stereocenters. The highest BCUT2D eigenvalue weighted by atomic mass is 32.2. The first kappa shape index (κ1) is 22.1. The van der Waals surface area contributed by atoms with Gasteiger partial charge in [0.2, 0.25) is 10.0 Å². The summed E-state index contributed by atoms with van der Waals surface area (Å²) >= 11 is 0. The van der Waals surface area contributed by atoms with E-state index in [0.717, 1.165) is 25.0 Å². The topological polar surface area (TPSA) is 105 Å². The van der Waals surface area contributed by atoms with Gasteiger partial charge in [0.15, 0.2) is 0 Å². The van der Waals surface area contributed by atoms with Crippen LogP contribution in [0.15, 0.2) is 23.1 Å². The number of nitrogens with zero attached hydrogens (tertiary/aromatic N) is 1. The number of nitrogens with one attached hydrogen (secondary N) is 2. The van der Waals surface area contributed by atoms with E-state index in [1.807, 2.05) is 0 Å². The fourth-order valence-corrected chi connectivity index (χ4v) is 4.27. The SMILES string of the molecule is CC(C)(C)OC(=O)NCCNC(=O)c1ccc(F)c(S(=O)(=O)N2CCCC2)c1. The van der Waals surface area contributed by atoms with Crippen molar-refractivity contribution in [1.29, 1.82) is 0 Å². The van der Waals surface area contributed by atoms with Crippen molar-refractivity contribution >= 4 is 22.0 Å². The third kappa shape index (κ3) is 5.90. The molecule has 1 aromatic carbocycles. The largest absolute Gasteiger partial charge is 0.444 e. The zero-order chi connectivity index (χ0) is 20.9. The summed E-state index contributed by atoms with van der Waals surface area (Å²) in [4.78, 5) is 23.3. The Hall–Kier alpha value is -2.20. The molecule has 1 aromatic rings. The number of ether oxygens (including phenoxy) is 1. The molecule has 2 amide bonds. The highest BCUT2D eigenvalue weighted by molar-refractivity contribution is 7.89. The predicted molar refractivity (Wildman–Crippen MR) is 101 cm³/mol. The van der Waals surface area contributed by atoms with E-state index in [1.165, 1.54) is 10.4 Å². The van der Waals surface area contributed by atoms with Gasteiger partial charge in [-0.3, -0.25) is 4.79 Å². The van der Waals surface area contributed by atoms with E-state index in [-0.39, 0.29) is 18.7 Å². The van der Waals surface area contributed by atoms with Crippen LogP contribution in [0.25, 0.3) is 0 Å². The normalized spacial score (nSPS) is 15.3. The van der Waals surface area contributed by atoms with Gasteiger partial charge in [0, 0.05) is 31.7 Å². The molecule has 0 radical (unpaired) electrons. The lowest BCUT2D eigenvalue weighted by Crippen LogP contribution is -2.38. The van der Waals surface area contributed by atoms with Crippen LogP contribution < -0.4 is 10.6 Å². The lowest BCUT2D eigenvalue weighted by atomic mass is 10.2. The minimum atomic E-state index is -3.97. The number of alkyl carbamates (subject to hydrolysis) is 1. The molecule has 1 fully saturated rings. The summed E-state index contributed by atoms with van der Waals surface area (Å²) in [5, 5.41) is 5.03. The van der Waals surface area contributed by atoms with Crippen LogP contribution >= 0.6 is 0 Å². The van der Waals surface area contributed by atoms with Gasteiger partial charge in [-0.15, -0.1) is 0 Å². The average molecular weight is 415 g/mol. The van der Waals surface area contributed by atoms with Gasteiger partial charge in [-0.25, -0.2) is 17.6 Å². The summed E-state index contributed by atoms with van der Waals surface area (Å²) in [7, 11) is -3.97. The van der Waals surface area contributed by atoms with Crippen LogP contribution in [0.3, 0.4) is 0 Å². The number of carbonyl (C=O) groups is 2. The van der Waals surface area contributed by atoms with Gasteiger partial charge in [-0.2, -0.15) is 4.31 Å². The van der Waals surface area contributed by atoms with E-state index in [2.05, 4.69) is 10.6 Å². The molecule has 10 heteroatoms. The zero-order valence-corrected chi connectivity index (χ0v) is 17.1. The van der Waals surface area contributed by atoms with Gasteiger partial charge in [-0.05, 0) is 51.8 Å². The Balaban J connectivity index is 1.96. The van der Waals surface area contributed by atoms with Crippen molar-refractivity contribution in [1.82, 2.24) is 14.9 Å². The van der Waals surface area contributed by atoms with Gasteiger partial charge in [-0.1, -0.05) is 0 Å². The maximum Gasteiger partial charge on any atom is 0.407 e. The maximum atomic E-state index is 14.1. The third-order valence-electron chi connectivity index (χ3n) is 3.96. The van der Waals surface area contributed by atoms with Gasteiger partial charge in [0.05, 0.1) is 0 Å². The first-order chi connectivity index (χ1) is 13.0. The quantitative estimate of drug-likeness (QED) is 0.690. The molecule has 0 spiro atoms. The molecule has 0 aliphatic carbocycles. The average Bonchev–Trinajstić information content (AvgIpc) is 3.12. The monoisotopic (exact) mass is 415 g/mol. The Kier molecular flexibility index (Phi) is 7.00. The second-order valence-electron chi connectivity index (χ2n) is 7.44. The van der Waals surface area contributed by atoms with Crippen molar-refractivity contribution in [2.24, 2.45) is 0 Å². The van der Waals surface area contributed by atoms with Gasteiger partial charge in [0.1, 0.15) is 16.3 Å². The number of rotatable bonds is 6. The smallest absolute Gasteiger partial charge is 0.407 e.